The van der Waals surface area contributed by atoms with E-state index in [0.717, 1.165) is 17.5 Å². The van der Waals surface area contributed by atoms with Gasteiger partial charge < -0.3 is 19.9 Å². The Bertz CT molecular complexity index is 634. The van der Waals surface area contributed by atoms with Crippen molar-refractivity contribution in [3.63, 3.8) is 0 Å². The largest absolute Gasteiger partial charge is 0.493 e. The number of halogens is 1. The zero-order valence-electron chi connectivity index (χ0n) is 14.1. The second-order valence-corrected chi connectivity index (χ2v) is 5.94. The molecule has 0 fully saturated rings. The molecule has 0 bridgehead atoms. The number of aliphatic hydroxyl groups is 1. The highest BCUT2D eigenvalue weighted by Crippen LogP contribution is 2.35. The third kappa shape index (κ3) is 5.13. The van der Waals surface area contributed by atoms with Crippen molar-refractivity contribution in [1.82, 2.24) is 5.32 Å². The molecule has 4 nitrogen and oxygen atoms in total. The molecule has 2 rings (SSSR count). The van der Waals surface area contributed by atoms with Crippen molar-refractivity contribution in [1.29, 1.82) is 0 Å². The quantitative estimate of drug-likeness (QED) is 0.719. The van der Waals surface area contributed by atoms with E-state index in [1.54, 1.807) is 13.2 Å². The van der Waals surface area contributed by atoms with E-state index in [1.165, 1.54) is 0 Å². The molecular formula is C19H24ClNO3. The van der Waals surface area contributed by atoms with Crippen LogP contribution in [0.4, 0.5) is 0 Å². The van der Waals surface area contributed by atoms with E-state index in [1.807, 2.05) is 36.4 Å². The van der Waals surface area contributed by atoms with Gasteiger partial charge in [0.05, 0.1) is 19.8 Å². The highest BCUT2D eigenvalue weighted by Gasteiger charge is 2.13. The Morgan fingerprint density at radius 3 is 2.62 bits per heavy atom. The Labute approximate surface area is 148 Å². The van der Waals surface area contributed by atoms with Crippen LogP contribution in [0.5, 0.6) is 11.5 Å². The van der Waals surface area contributed by atoms with Crippen LogP contribution >= 0.6 is 11.6 Å². The van der Waals surface area contributed by atoms with Crippen molar-refractivity contribution in [2.75, 3.05) is 20.3 Å². The van der Waals surface area contributed by atoms with Crippen molar-refractivity contribution < 1.29 is 14.6 Å². The summed E-state index contributed by atoms with van der Waals surface area (Å²) in [5.74, 6) is 1.32. The second-order valence-electron chi connectivity index (χ2n) is 5.50. The number of nitrogens with one attached hydrogen (secondary N) is 1. The van der Waals surface area contributed by atoms with Gasteiger partial charge in [-0.1, -0.05) is 48.9 Å². The van der Waals surface area contributed by atoms with Crippen molar-refractivity contribution in [2.24, 2.45) is 0 Å². The van der Waals surface area contributed by atoms with Crippen molar-refractivity contribution in [3.8, 4) is 11.5 Å². The van der Waals surface area contributed by atoms with Crippen LogP contribution < -0.4 is 14.8 Å². The first-order chi connectivity index (χ1) is 11.7. The molecular weight excluding hydrogens is 326 g/mol. The SMILES string of the molecule is CCCOc1c(CNC[C@H](O)c2ccccc2)cc(Cl)cc1OC. The number of hydrogen-bond donors (Lipinski definition) is 2. The van der Waals surface area contributed by atoms with Crippen LogP contribution in [-0.4, -0.2) is 25.4 Å². The maximum atomic E-state index is 10.2. The van der Waals surface area contributed by atoms with Gasteiger partial charge >= 0.3 is 0 Å². The van der Waals surface area contributed by atoms with Gasteiger partial charge in [-0.15, -0.1) is 0 Å². The van der Waals surface area contributed by atoms with E-state index in [0.29, 0.717) is 36.2 Å². The van der Waals surface area contributed by atoms with Crippen LogP contribution in [0.1, 0.15) is 30.6 Å². The topological polar surface area (TPSA) is 50.7 Å². The zero-order valence-corrected chi connectivity index (χ0v) is 14.8. The van der Waals surface area contributed by atoms with E-state index < -0.39 is 6.10 Å². The van der Waals surface area contributed by atoms with Crippen molar-refractivity contribution in [3.05, 3.63) is 58.6 Å². The molecule has 0 aliphatic carbocycles. The summed E-state index contributed by atoms with van der Waals surface area (Å²) in [5.41, 5.74) is 1.80. The molecule has 0 saturated heterocycles. The minimum absolute atomic E-state index is 0.437. The standard InChI is InChI=1S/C19H24ClNO3/c1-3-9-24-19-15(10-16(20)11-18(19)23-2)12-21-13-17(22)14-7-5-4-6-8-14/h4-8,10-11,17,21-22H,3,9,12-13H2,1-2H3/t17-/m0/s1. The number of aliphatic hydroxyl groups excluding tert-OH is 1. The summed E-state index contributed by atoms with van der Waals surface area (Å²) in [6, 6.07) is 13.2. The van der Waals surface area contributed by atoms with E-state index in [4.69, 9.17) is 21.1 Å². The second kappa shape index (κ2) is 9.52. The van der Waals surface area contributed by atoms with Crippen LogP contribution in [0.25, 0.3) is 0 Å². The van der Waals surface area contributed by atoms with Gasteiger partial charge in [0, 0.05) is 29.7 Å². The third-order valence-corrected chi connectivity index (χ3v) is 3.82. The maximum Gasteiger partial charge on any atom is 0.165 e. The molecule has 0 spiro atoms. The monoisotopic (exact) mass is 349 g/mol. The van der Waals surface area contributed by atoms with Gasteiger partial charge in [-0.3, -0.25) is 0 Å². The summed E-state index contributed by atoms with van der Waals surface area (Å²) in [7, 11) is 1.60. The molecule has 0 unspecified atom stereocenters. The van der Waals surface area contributed by atoms with Crippen LogP contribution in [0.3, 0.4) is 0 Å². The summed E-state index contributed by atoms with van der Waals surface area (Å²) in [4.78, 5) is 0. The summed E-state index contributed by atoms with van der Waals surface area (Å²) in [5, 5.41) is 14.1. The number of methoxy groups -OCH3 is 1. The molecule has 0 radical (unpaired) electrons. The Morgan fingerprint density at radius 1 is 1.21 bits per heavy atom. The molecule has 2 N–H and O–H groups in total. The minimum Gasteiger partial charge on any atom is -0.493 e. The predicted molar refractivity (Wildman–Crippen MR) is 96.9 cm³/mol. The van der Waals surface area contributed by atoms with Crippen LogP contribution in [0.2, 0.25) is 5.02 Å². The average Bonchev–Trinajstić information content (AvgIpc) is 2.61. The fourth-order valence-electron chi connectivity index (χ4n) is 2.41. The summed E-state index contributed by atoms with van der Waals surface area (Å²) in [6.07, 6.45) is 0.345. The minimum atomic E-state index is -0.563. The molecule has 0 aromatic heterocycles. The lowest BCUT2D eigenvalue weighted by atomic mass is 10.1. The van der Waals surface area contributed by atoms with Gasteiger partial charge in [-0.05, 0) is 18.1 Å². The van der Waals surface area contributed by atoms with E-state index >= 15 is 0 Å². The zero-order chi connectivity index (χ0) is 17.4. The number of ether oxygens (including phenoxy) is 2. The lowest BCUT2D eigenvalue weighted by molar-refractivity contribution is 0.174. The molecule has 130 valence electrons. The van der Waals surface area contributed by atoms with Gasteiger partial charge in [0.25, 0.3) is 0 Å². The van der Waals surface area contributed by atoms with Crippen LogP contribution in [0.15, 0.2) is 42.5 Å². The lowest BCUT2D eigenvalue weighted by Crippen LogP contribution is -2.21. The average molecular weight is 350 g/mol. The van der Waals surface area contributed by atoms with E-state index in [-0.39, 0.29) is 0 Å². The first-order valence-electron chi connectivity index (χ1n) is 8.08. The number of rotatable bonds is 9. The number of hydrogen-bond acceptors (Lipinski definition) is 4. The van der Waals surface area contributed by atoms with E-state index in [9.17, 15) is 5.11 Å². The highest BCUT2D eigenvalue weighted by molar-refractivity contribution is 6.30. The lowest BCUT2D eigenvalue weighted by Gasteiger charge is -2.17. The smallest absolute Gasteiger partial charge is 0.165 e. The predicted octanol–water partition coefficient (Wildman–Crippen LogP) is 3.96. The highest BCUT2D eigenvalue weighted by atomic mass is 35.5. The first kappa shape index (κ1) is 18.6. The maximum absolute atomic E-state index is 10.2. The third-order valence-electron chi connectivity index (χ3n) is 3.60. The van der Waals surface area contributed by atoms with Crippen LogP contribution in [-0.2, 0) is 6.54 Å². The fraction of sp³-hybridized carbons (Fsp3) is 0.368. The molecule has 24 heavy (non-hydrogen) atoms. The molecule has 2 aromatic carbocycles. The summed E-state index contributed by atoms with van der Waals surface area (Å²) < 4.78 is 11.2. The van der Waals surface area contributed by atoms with Gasteiger partial charge in [0.2, 0.25) is 0 Å². The summed E-state index contributed by atoms with van der Waals surface area (Å²) in [6.45, 7) is 3.63. The first-order valence-corrected chi connectivity index (χ1v) is 8.46. The Balaban J connectivity index is 2.04. The Kier molecular flexibility index (Phi) is 7.37. The Hall–Kier alpha value is -1.75. The van der Waals surface area contributed by atoms with Crippen LogP contribution in [0, 0.1) is 0 Å². The van der Waals surface area contributed by atoms with Crippen molar-refractivity contribution >= 4 is 11.6 Å². The number of benzene rings is 2. The Morgan fingerprint density at radius 2 is 1.96 bits per heavy atom. The van der Waals surface area contributed by atoms with Gasteiger partial charge in [0.15, 0.2) is 11.5 Å². The molecule has 0 heterocycles. The summed E-state index contributed by atoms with van der Waals surface area (Å²) >= 11 is 6.16. The van der Waals surface area contributed by atoms with Gasteiger partial charge in [-0.25, -0.2) is 0 Å². The molecule has 0 amide bonds. The molecule has 0 saturated carbocycles. The van der Waals surface area contributed by atoms with Gasteiger partial charge in [-0.2, -0.15) is 0 Å². The fourth-order valence-corrected chi connectivity index (χ4v) is 2.64. The van der Waals surface area contributed by atoms with Crippen molar-refractivity contribution in [2.45, 2.75) is 26.0 Å². The molecule has 5 heteroatoms. The van der Waals surface area contributed by atoms with Gasteiger partial charge in [0.1, 0.15) is 0 Å². The molecule has 2 aromatic rings. The molecule has 0 aliphatic heterocycles. The molecule has 0 aliphatic rings. The van der Waals surface area contributed by atoms with E-state index in [2.05, 4.69) is 12.2 Å². The normalized spacial score (nSPS) is 12.0. The molecule has 1 atom stereocenters.